The molecule has 0 saturated heterocycles. The molecule has 0 saturated carbocycles. The summed E-state index contributed by atoms with van der Waals surface area (Å²) in [6.07, 6.45) is -16.1. The van der Waals surface area contributed by atoms with Crippen LogP contribution in [0, 0.1) is 11.6 Å². The van der Waals surface area contributed by atoms with Crippen molar-refractivity contribution in [3.05, 3.63) is 70.8 Å². The number of nitrogen functional groups attached to an aromatic ring is 2. The van der Waals surface area contributed by atoms with Gasteiger partial charge in [-0.3, -0.25) is 0 Å². The molecular formula is C21H11F11N2O2. The maximum atomic E-state index is 15.1. The smallest absolute Gasteiger partial charge is 0.421 e. The van der Waals surface area contributed by atoms with Crippen LogP contribution in [0.3, 0.4) is 0 Å². The van der Waals surface area contributed by atoms with Crippen LogP contribution in [-0.2, 0) is 18.5 Å². The molecule has 4 N–H and O–H groups in total. The van der Waals surface area contributed by atoms with Crippen molar-refractivity contribution in [2.75, 3.05) is 11.5 Å². The molecule has 0 aliphatic carbocycles. The van der Waals surface area contributed by atoms with Gasteiger partial charge in [0.15, 0.2) is 11.6 Å². The van der Waals surface area contributed by atoms with Gasteiger partial charge in [0.2, 0.25) is 11.6 Å². The van der Waals surface area contributed by atoms with E-state index >= 15 is 4.39 Å². The van der Waals surface area contributed by atoms with Gasteiger partial charge in [-0.2, -0.15) is 43.9 Å². The third-order valence-electron chi connectivity index (χ3n) is 4.54. The molecule has 0 aliphatic heterocycles. The average molecular weight is 532 g/mol. The Hall–Kier alpha value is -3.91. The Bertz CT molecular complexity index is 1300. The highest BCUT2D eigenvalue weighted by Crippen LogP contribution is 2.49. The van der Waals surface area contributed by atoms with Gasteiger partial charge in [-0.15, -0.1) is 0 Å². The molecule has 36 heavy (non-hydrogen) atoms. The molecule has 0 aliphatic rings. The molecule has 4 nitrogen and oxygen atoms in total. The number of hydrogen-bond donors (Lipinski definition) is 2. The third kappa shape index (κ3) is 5.18. The number of hydrogen-bond acceptors (Lipinski definition) is 4. The summed E-state index contributed by atoms with van der Waals surface area (Å²) < 4.78 is 159. The second-order valence-corrected chi connectivity index (χ2v) is 7.02. The summed E-state index contributed by atoms with van der Waals surface area (Å²) in [7, 11) is 0. The minimum Gasteiger partial charge on any atom is -0.453 e. The molecule has 3 rings (SSSR count). The van der Waals surface area contributed by atoms with E-state index in [1.807, 2.05) is 0 Å². The SMILES string of the molecule is Nc1cccc(Oc2c(F)cc(C(F)(F)F)c(Oc3cccc(N)c3C(F)(F)F)c2F)c1C(F)(F)F. The van der Waals surface area contributed by atoms with Crippen molar-refractivity contribution in [3.63, 3.8) is 0 Å². The molecule has 0 unspecified atom stereocenters. The predicted octanol–water partition coefficient (Wildman–Crippen LogP) is 7.77. The first-order valence-corrected chi connectivity index (χ1v) is 9.29. The fourth-order valence-corrected chi connectivity index (χ4v) is 3.08. The number of rotatable bonds is 4. The number of alkyl halides is 9. The molecule has 15 heteroatoms. The van der Waals surface area contributed by atoms with Crippen LogP contribution >= 0.6 is 0 Å². The van der Waals surface area contributed by atoms with Crippen LogP contribution in [0.2, 0.25) is 0 Å². The van der Waals surface area contributed by atoms with Crippen LogP contribution in [0.5, 0.6) is 23.0 Å². The zero-order valence-corrected chi connectivity index (χ0v) is 17.2. The second-order valence-electron chi connectivity index (χ2n) is 7.02. The number of halogens is 11. The zero-order chi connectivity index (χ0) is 27.2. The van der Waals surface area contributed by atoms with Crippen LogP contribution in [0.15, 0.2) is 42.5 Å². The molecule has 0 fully saturated rings. The molecule has 0 spiro atoms. The highest BCUT2D eigenvalue weighted by atomic mass is 19.4. The lowest BCUT2D eigenvalue weighted by atomic mass is 10.1. The molecular weight excluding hydrogens is 521 g/mol. The molecule has 194 valence electrons. The Morgan fingerprint density at radius 1 is 0.583 bits per heavy atom. The minimum atomic E-state index is -5.58. The van der Waals surface area contributed by atoms with Crippen molar-refractivity contribution < 1.29 is 57.8 Å². The van der Waals surface area contributed by atoms with Gasteiger partial charge in [0, 0.05) is 11.4 Å². The van der Waals surface area contributed by atoms with E-state index in [1.165, 1.54) is 0 Å². The molecule has 0 radical (unpaired) electrons. The summed E-state index contributed by atoms with van der Waals surface area (Å²) in [5, 5.41) is 0. The van der Waals surface area contributed by atoms with E-state index in [9.17, 15) is 43.9 Å². The Labute approximate surface area is 193 Å². The Morgan fingerprint density at radius 2 is 1.00 bits per heavy atom. The van der Waals surface area contributed by atoms with Gasteiger partial charge < -0.3 is 20.9 Å². The maximum absolute atomic E-state index is 15.1. The summed E-state index contributed by atoms with van der Waals surface area (Å²) in [6.45, 7) is 0. The van der Waals surface area contributed by atoms with Crippen LogP contribution in [-0.4, -0.2) is 0 Å². The zero-order valence-electron chi connectivity index (χ0n) is 17.2. The first kappa shape index (κ1) is 26.7. The van der Waals surface area contributed by atoms with Crippen molar-refractivity contribution in [2.24, 2.45) is 0 Å². The first-order valence-electron chi connectivity index (χ1n) is 9.29. The highest BCUT2D eigenvalue weighted by Gasteiger charge is 2.42. The number of nitrogens with two attached hydrogens (primary N) is 2. The average Bonchev–Trinajstić information content (AvgIpc) is 2.70. The Balaban J connectivity index is 2.25. The molecule has 3 aromatic rings. The van der Waals surface area contributed by atoms with E-state index in [0.717, 1.165) is 24.3 Å². The van der Waals surface area contributed by atoms with Gasteiger partial charge >= 0.3 is 18.5 Å². The van der Waals surface area contributed by atoms with E-state index < -0.39 is 87.3 Å². The quantitative estimate of drug-likeness (QED) is 0.266. The third-order valence-corrected chi connectivity index (χ3v) is 4.54. The van der Waals surface area contributed by atoms with Crippen LogP contribution in [0.25, 0.3) is 0 Å². The van der Waals surface area contributed by atoms with Gasteiger partial charge in [0.05, 0.1) is 0 Å². The maximum Gasteiger partial charge on any atom is 0.421 e. The molecule has 0 amide bonds. The van der Waals surface area contributed by atoms with Crippen LogP contribution < -0.4 is 20.9 Å². The first-order chi connectivity index (χ1) is 16.4. The number of anilines is 2. The number of benzene rings is 3. The molecule has 0 heterocycles. The van der Waals surface area contributed by atoms with Gasteiger partial charge in [-0.1, -0.05) is 12.1 Å². The normalized spacial score (nSPS) is 12.5. The van der Waals surface area contributed by atoms with E-state index in [1.54, 1.807) is 0 Å². The Kier molecular flexibility index (Phi) is 6.63. The second kappa shape index (κ2) is 8.95. The minimum absolute atomic E-state index is 0.410. The van der Waals surface area contributed by atoms with Gasteiger partial charge in [0.25, 0.3) is 0 Å². The van der Waals surface area contributed by atoms with Crippen molar-refractivity contribution in [2.45, 2.75) is 18.5 Å². The largest absolute Gasteiger partial charge is 0.453 e. The monoisotopic (exact) mass is 532 g/mol. The van der Waals surface area contributed by atoms with E-state index in [4.69, 9.17) is 11.5 Å². The fraction of sp³-hybridized carbons (Fsp3) is 0.143. The number of ether oxygens (including phenoxy) is 2. The summed E-state index contributed by atoms with van der Waals surface area (Å²) in [4.78, 5) is 0. The Morgan fingerprint density at radius 3 is 1.39 bits per heavy atom. The predicted molar refractivity (Wildman–Crippen MR) is 103 cm³/mol. The van der Waals surface area contributed by atoms with Crippen molar-refractivity contribution in [3.8, 4) is 23.0 Å². The summed E-state index contributed by atoms with van der Waals surface area (Å²) in [5.74, 6) is -11.0. The van der Waals surface area contributed by atoms with Gasteiger partial charge in [-0.25, -0.2) is 4.39 Å². The summed E-state index contributed by atoms with van der Waals surface area (Å²) in [6, 6.07) is 3.88. The molecule has 0 bridgehead atoms. The molecule has 0 aromatic heterocycles. The lowest BCUT2D eigenvalue weighted by Crippen LogP contribution is -2.14. The highest BCUT2D eigenvalue weighted by molar-refractivity contribution is 5.59. The van der Waals surface area contributed by atoms with Crippen molar-refractivity contribution in [1.82, 2.24) is 0 Å². The van der Waals surface area contributed by atoms with Gasteiger partial charge in [0.1, 0.15) is 28.2 Å². The van der Waals surface area contributed by atoms with E-state index in [-0.39, 0.29) is 0 Å². The van der Waals surface area contributed by atoms with E-state index in [0.29, 0.717) is 12.1 Å². The van der Waals surface area contributed by atoms with Crippen LogP contribution in [0.4, 0.5) is 59.7 Å². The molecule has 3 aromatic carbocycles. The van der Waals surface area contributed by atoms with Crippen LogP contribution in [0.1, 0.15) is 16.7 Å². The lowest BCUT2D eigenvalue weighted by Gasteiger charge is -2.21. The van der Waals surface area contributed by atoms with Crippen molar-refractivity contribution >= 4 is 11.4 Å². The molecule has 0 atom stereocenters. The standard InChI is InChI=1S/C21H11F11N2O2/c22-9-7-8(19(24,25)26)17(35-12-5-1-3-10(33)14(12)20(27,28)29)16(23)18(9)36-13-6-2-4-11(34)15(13)21(30,31)32/h1-7H,33-34H2. The van der Waals surface area contributed by atoms with E-state index in [2.05, 4.69) is 9.47 Å². The summed E-state index contributed by atoms with van der Waals surface area (Å²) in [5.41, 5.74) is 2.83. The lowest BCUT2D eigenvalue weighted by molar-refractivity contribution is -0.140. The fourth-order valence-electron chi connectivity index (χ4n) is 3.08. The van der Waals surface area contributed by atoms with Crippen molar-refractivity contribution in [1.29, 1.82) is 0 Å². The summed E-state index contributed by atoms with van der Waals surface area (Å²) >= 11 is 0. The van der Waals surface area contributed by atoms with Gasteiger partial charge in [-0.05, 0) is 30.3 Å². The topological polar surface area (TPSA) is 70.5 Å².